The molecule has 4 rings (SSSR count). The molecular weight excluding hydrogens is 563 g/mol. The van der Waals surface area contributed by atoms with Gasteiger partial charge in [-0.2, -0.15) is 0 Å². The number of urea groups is 1. The highest BCUT2D eigenvalue weighted by Gasteiger charge is 2.36. The van der Waals surface area contributed by atoms with E-state index in [0.29, 0.717) is 35.1 Å². The van der Waals surface area contributed by atoms with Gasteiger partial charge in [0.1, 0.15) is 17.9 Å². The van der Waals surface area contributed by atoms with Crippen molar-refractivity contribution >= 4 is 52.2 Å². The van der Waals surface area contributed by atoms with Crippen LogP contribution in [0.5, 0.6) is 17.2 Å². The summed E-state index contributed by atoms with van der Waals surface area (Å²) in [4.78, 5) is 38.9. The van der Waals surface area contributed by atoms with E-state index in [1.54, 1.807) is 42.5 Å². The molecule has 3 aromatic carbocycles. The molecule has 1 N–H and O–H groups in total. The van der Waals surface area contributed by atoms with Gasteiger partial charge in [-0.1, -0.05) is 18.2 Å². The molecule has 0 unspecified atom stereocenters. The van der Waals surface area contributed by atoms with E-state index < -0.39 is 17.8 Å². The van der Waals surface area contributed by atoms with E-state index in [9.17, 15) is 14.4 Å². The summed E-state index contributed by atoms with van der Waals surface area (Å²) in [6.45, 7) is 0.355. The van der Waals surface area contributed by atoms with Crippen LogP contribution < -0.4 is 24.4 Å². The van der Waals surface area contributed by atoms with Crippen LogP contribution in [-0.4, -0.2) is 32.1 Å². The van der Waals surface area contributed by atoms with Gasteiger partial charge in [-0.15, -0.1) is 0 Å². The van der Waals surface area contributed by atoms with Crippen molar-refractivity contribution < 1.29 is 28.6 Å². The number of imide groups is 2. The number of halogens is 1. The number of hydrogen-bond acceptors (Lipinski definition) is 6. The number of barbiturate groups is 1. The second-order valence-corrected chi connectivity index (χ2v) is 8.73. The first-order valence-corrected chi connectivity index (χ1v) is 11.6. The van der Waals surface area contributed by atoms with Crippen LogP contribution in [0.3, 0.4) is 0 Å². The fraction of sp³-hybridized carbons (Fsp3) is 0.115. The van der Waals surface area contributed by atoms with Crippen molar-refractivity contribution in [2.45, 2.75) is 6.61 Å². The van der Waals surface area contributed by atoms with Crippen LogP contribution in [-0.2, 0) is 16.2 Å². The van der Waals surface area contributed by atoms with Crippen molar-refractivity contribution in [1.82, 2.24) is 5.32 Å². The molecule has 0 atom stereocenters. The predicted octanol–water partition coefficient (Wildman–Crippen LogP) is 4.55. The number of nitrogens with zero attached hydrogens (tertiary/aromatic N) is 1. The molecule has 1 aliphatic heterocycles. The molecule has 0 spiro atoms. The molecule has 3 aromatic rings. The van der Waals surface area contributed by atoms with E-state index in [1.807, 2.05) is 24.3 Å². The summed E-state index contributed by atoms with van der Waals surface area (Å²) in [6.07, 6.45) is 1.41. The molecule has 9 heteroatoms. The second-order valence-electron chi connectivity index (χ2n) is 7.48. The van der Waals surface area contributed by atoms with Crippen molar-refractivity contribution in [3.05, 3.63) is 87.0 Å². The molecule has 1 heterocycles. The largest absolute Gasteiger partial charge is 0.497 e. The van der Waals surface area contributed by atoms with Crippen molar-refractivity contribution in [3.8, 4) is 17.2 Å². The quantitative estimate of drug-likeness (QED) is 0.249. The fourth-order valence-corrected chi connectivity index (χ4v) is 3.78. The zero-order valence-corrected chi connectivity index (χ0v) is 21.1. The molecule has 0 bridgehead atoms. The molecule has 1 aliphatic rings. The number of anilines is 1. The fourth-order valence-electron chi connectivity index (χ4n) is 3.42. The van der Waals surface area contributed by atoms with Crippen molar-refractivity contribution in [3.63, 3.8) is 0 Å². The maximum atomic E-state index is 13.1. The first-order valence-electron chi connectivity index (χ1n) is 10.5. The molecule has 1 saturated heterocycles. The standard InChI is InChI=1S/C26H21IN2O6/c1-33-20-10-8-19(9-11-20)29-25(31)21(24(30)28-26(29)32)13-17-5-12-22(23(14-17)34-2)35-15-16-3-6-18(27)7-4-16/h3-14H,15H2,1-2H3,(H,28,30,32). The van der Waals surface area contributed by atoms with Crippen LogP contribution in [0.25, 0.3) is 6.08 Å². The Morgan fingerprint density at radius 2 is 1.60 bits per heavy atom. The smallest absolute Gasteiger partial charge is 0.335 e. The highest BCUT2D eigenvalue weighted by Crippen LogP contribution is 2.31. The predicted molar refractivity (Wildman–Crippen MR) is 138 cm³/mol. The summed E-state index contributed by atoms with van der Waals surface area (Å²) in [6, 6.07) is 18.6. The minimum Gasteiger partial charge on any atom is -0.497 e. The van der Waals surface area contributed by atoms with Crippen LogP contribution in [0.4, 0.5) is 10.5 Å². The van der Waals surface area contributed by atoms with Gasteiger partial charge >= 0.3 is 6.03 Å². The number of rotatable bonds is 7. The number of methoxy groups -OCH3 is 2. The third-order valence-electron chi connectivity index (χ3n) is 5.24. The van der Waals surface area contributed by atoms with Gasteiger partial charge in [-0.25, -0.2) is 9.69 Å². The normalized spacial score (nSPS) is 14.7. The Bertz CT molecular complexity index is 1300. The third-order valence-corrected chi connectivity index (χ3v) is 5.96. The second kappa shape index (κ2) is 10.6. The van der Waals surface area contributed by atoms with E-state index >= 15 is 0 Å². The van der Waals surface area contributed by atoms with Gasteiger partial charge in [0.15, 0.2) is 11.5 Å². The third kappa shape index (κ3) is 5.46. The molecule has 35 heavy (non-hydrogen) atoms. The average Bonchev–Trinajstić information content (AvgIpc) is 2.86. The van der Waals surface area contributed by atoms with Gasteiger partial charge in [0.2, 0.25) is 0 Å². The molecule has 1 fully saturated rings. The molecular formula is C26H21IN2O6. The minimum absolute atomic E-state index is 0.185. The highest BCUT2D eigenvalue weighted by molar-refractivity contribution is 14.1. The molecule has 0 saturated carbocycles. The summed E-state index contributed by atoms with van der Waals surface area (Å²) in [5, 5.41) is 2.21. The number of amides is 4. The molecule has 0 radical (unpaired) electrons. The SMILES string of the molecule is COc1ccc(N2C(=O)NC(=O)C(=Cc3ccc(OCc4ccc(I)cc4)c(OC)c3)C2=O)cc1. The number of benzene rings is 3. The van der Waals surface area contributed by atoms with E-state index in [0.717, 1.165) is 14.0 Å². The van der Waals surface area contributed by atoms with Crippen LogP contribution >= 0.6 is 22.6 Å². The first-order chi connectivity index (χ1) is 16.9. The monoisotopic (exact) mass is 584 g/mol. The maximum Gasteiger partial charge on any atom is 0.335 e. The van der Waals surface area contributed by atoms with Crippen molar-refractivity contribution in [2.24, 2.45) is 0 Å². The topological polar surface area (TPSA) is 94.2 Å². The summed E-state index contributed by atoms with van der Waals surface area (Å²) in [5.41, 5.74) is 1.66. The van der Waals surface area contributed by atoms with Gasteiger partial charge < -0.3 is 14.2 Å². The van der Waals surface area contributed by atoms with E-state index in [1.165, 1.54) is 20.3 Å². The molecule has 0 aliphatic carbocycles. The summed E-state index contributed by atoms with van der Waals surface area (Å²) < 4.78 is 17.6. The number of hydrogen-bond donors (Lipinski definition) is 1. The maximum absolute atomic E-state index is 13.1. The van der Waals surface area contributed by atoms with Crippen LogP contribution in [0.2, 0.25) is 0 Å². The van der Waals surface area contributed by atoms with Gasteiger partial charge in [-0.3, -0.25) is 14.9 Å². The number of nitrogens with one attached hydrogen (secondary N) is 1. The van der Waals surface area contributed by atoms with E-state index in [2.05, 4.69) is 27.9 Å². The van der Waals surface area contributed by atoms with Crippen molar-refractivity contribution in [2.75, 3.05) is 19.1 Å². The number of carbonyl (C=O) groups excluding carboxylic acids is 3. The summed E-state index contributed by atoms with van der Waals surface area (Å²) in [7, 11) is 3.02. The molecule has 0 aromatic heterocycles. The van der Waals surface area contributed by atoms with E-state index in [4.69, 9.17) is 14.2 Å². The number of carbonyl (C=O) groups is 3. The first kappa shape index (κ1) is 24.3. The van der Waals surface area contributed by atoms with E-state index in [-0.39, 0.29) is 5.57 Å². The van der Waals surface area contributed by atoms with Gasteiger partial charge in [0.25, 0.3) is 11.8 Å². The molecule has 4 amide bonds. The van der Waals surface area contributed by atoms with Crippen LogP contribution in [0.15, 0.2) is 72.3 Å². The Morgan fingerprint density at radius 1 is 0.886 bits per heavy atom. The average molecular weight is 584 g/mol. The lowest BCUT2D eigenvalue weighted by Gasteiger charge is -2.26. The molecule has 178 valence electrons. The summed E-state index contributed by atoms with van der Waals surface area (Å²) >= 11 is 2.24. The lowest BCUT2D eigenvalue weighted by Crippen LogP contribution is -2.54. The Hall–Kier alpha value is -3.86. The highest BCUT2D eigenvalue weighted by atomic mass is 127. The zero-order chi connectivity index (χ0) is 24.9. The van der Waals surface area contributed by atoms with Crippen LogP contribution in [0, 0.1) is 3.57 Å². The van der Waals surface area contributed by atoms with Gasteiger partial charge in [0.05, 0.1) is 19.9 Å². The summed E-state index contributed by atoms with van der Waals surface area (Å²) in [5.74, 6) is 0.0193. The van der Waals surface area contributed by atoms with Gasteiger partial charge in [-0.05, 0) is 88.3 Å². The van der Waals surface area contributed by atoms with Crippen molar-refractivity contribution in [1.29, 1.82) is 0 Å². The number of ether oxygens (including phenoxy) is 3. The Morgan fingerprint density at radius 3 is 2.26 bits per heavy atom. The lowest BCUT2D eigenvalue weighted by molar-refractivity contribution is -0.122. The minimum atomic E-state index is -0.820. The lowest BCUT2D eigenvalue weighted by atomic mass is 10.1. The van der Waals surface area contributed by atoms with Crippen LogP contribution in [0.1, 0.15) is 11.1 Å². The Balaban J connectivity index is 1.57. The molecule has 8 nitrogen and oxygen atoms in total. The van der Waals surface area contributed by atoms with Gasteiger partial charge in [0, 0.05) is 3.57 Å². The Labute approximate surface area is 215 Å². The Kier molecular flexibility index (Phi) is 7.35. The zero-order valence-electron chi connectivity index (χ0n) is 18.9.